The number of non-ortho nitro benzene ring substituents is 1. The van der Waals surface area contributed by atoms with E-state index in [-0.39, 0.29) is 10.6 Å². The lowest BCUT2D eigenvalue weighted by Crippen LogP contribution is -2.39. The van der Waals surface area contributed by atoms with Crippen molar-refractivity contribution in [3.8, 4) is 0 Å². The molecule has 106 valence electrons. The van der Waals surface area contributed by atoms with E-state index in [2.05, 4.69) is 31.8 Å². The highest BCUT2D eigenvalue weighted by Gasteiger charge is 2.37. The summed E-state index contributed by atoms with van der Waals surface area (Å²) in [6.07, 6.45) is 1.91. The van der Waals surface area contributed by atoms with Gasteiger partial charge in [-0.2, -0.15) is 0 Å². The molecule has 1 atom stereocenters. The standard InChI is InChI=1S/C16H14N2O2S/c1-18(11-12-5-3-2-4-6-12)15-8-7-14(17(19)20)9-13(15)10-16(18)21/h2-10H,11H2,1H3/p+1. The molecule has 4 nitrogen and oxygen atoms in total. The second-order valence-electron chi connectivity index (χ2n) is 5.34. The van der Waals surface area contributed by atoms with Gasteiger partial charge in [0.2, 0.25) is 0 Å². The maximum absolute atomic E-state index is 10.9. The van der Waals surface area contributed by atoms with Gasteiger partial charge in [-0.25, -0.2) is 0 Å². The number of benzene rings is 2. The molecule has 0 fully saturated rings. The van der Waals surface area contributed by atoms with Gasteiger partial charge in [0.15, 0.2) is 5.03 Å². The van der Waals surface area contributed by atoms with Crippen molar-refractivity contribution >= 4 is 30.1 Å². The first-order valence-corrected chi connectivity index (χ1v) is 7.05. The zero-order chi connectivity index (χ0) is 15.0. The van der Waals surface area contributed by atoms with E-state index < -0.39 is 0 Å². The maximum Gasteiger partial charge on any atom is 0.270 e. The summed E-state index contributed by atoms with van der Waals surface area (Å²) in [6, 6.07) is 15.2. The van der Waals surface area contributed by atoms with E-state index in [9.17, 15) is 10.1 Å². The fourth-order valence-corrected chi connectivity index (χ4v) is 3.06. The highest BCUT2D eigenvalue weighted by molar-refractivity contribution is 7.84. The molecule has 2 aromatic carbocycles. The molecular formula is C16H15N2O2S+. The lowest BCUT2D eigenvalue weighted by Gasteiger charge is -2.30. The summed E-state index contributed by atoms with van der Waals surface area (Å²) in [7, 11) is 2.07. The molecule has 0 radical (unpaired) electrons. The van der Waals surface area contributed by atoms with Gasteiger partial charge in [0.1, 0.15) is 12.2 Å². The molecule has 1 unspecified atom stereocenters. The van der Waals surface area contributed by atoms with Crippen LogP contribution < -0.4 is 4.48 Å². The zero-order valence-electron chi connectivity index (χ0n) is 11.6. The molecule has 0 saturated heterocycles. The second kappa shape index (κ2) is 5.02. The summed E-state index contributed by atoms with van der Waals surface area (Å²) in [4.78, 5) is 10.5. The van der Waals surface area contributed by atoms with E-state index in [4.69, 9.17) is 0 Å². The Labute approximate surface area is 128 Å². The molecule has 0 saturated carbocycles. The number of hydrogen-bond acceptors (Lipinski definition) is 3. The number of nitrogens with zero attached hydrogens (tertiary/aromatic N) is 2. The summed E-state index contributed by atoms with van der Waals surface area (Å²) < 4.78 is 0.528. The van der Waals surface area contributed by atoms with Crippen molar-refractivity contribution in [1.82, 2.24) is 4.48 Å². The first kappa shape index (κ1) is 13.9. The van der Waals surface area contributed by atoms with Crippen molar-refractivity contribution < 1.29 is 4.92 Å². The Kier molecular flexibility index (Phi) is 3.31. The molecule has 0 spiro atoms. The third-order valence-corrected chi connectivity index (χ3v) is 4.46. The number of quaternary nitrogens is 1. The topological polar surface area (TPSA) is 43.1 Å². The lowest BCUT2D eigenvalue weighted by molar-refractivity contribution is -0.384. The Morgan fingerprint density at radius 2 is 1.90 bits per heavy atom. The van der Waals surface area contributed by atoms with E-state index in [0.717, 1.165) is 22.8 Å². The van der Waals surface area contributed by atoms with Crippen LogP contribution in [0.25, 0.3) is 6.08 Å². The molecule has 0 bridgehead atoms. The molecule has 0 N–H and O–H groups in total. The normalized spacial score (nSPS) is 20.0. The Hall–Kier alpha value is -2.11. The summed E-state index contributed by atoms with van der Waals surface area (Å²) in [6.45, 7) is 0.765. The van der Waals surface area contributed by atoms with Crippen molar-refractivity contribution in [2.24, 2.45) is 0 Å². The van der Waals surface area contributed by atoms with Gasteiger partial charge in [-0.3, -0.25) is 14.6 Å². The van der Waals surface area contributed by atoms with E-state index in [1.807, 2.05) is 30.3 Å². The van der Waals surface area contributed by atoms with Crippen molar-refractivity contribution in [2.45, 2.75) is 6.54 Å². The van der Waals surface area contributed by atoms with Crippen LogP contribution in [0, 0.1) is 10.1 Å². The van der Waals surface area contributed by atoms with Gasteiger partial charge in [-0.1, -0.05) is 43.0 Å². The molecule has 0 amide bonds. The Morgan fingerprint density at radius 3 is 2.57 bits per heavy atom. The van der Waals surface area contributed by atoms with E-state index >= 15 is 0 Å². The molecule has 2 aromatic rings. The van der Waals surface area contributed by atoms with Crippen molar-refractivity contribution in [3.63, 3.8) is 0 Å². The maximum atomic E-state index is 10.9. The fraction of sp³-hybridized carbons (Fsp3) is 0.125. The van der Waals surface area contributed by atoms with Crippen molar-refractivity contribution in [2.75, 3.05) is 7.05 Å². The van der Waals surface area contributed by atoms with Gasteiger partial charge in [-0.05, 0) is 0 Å². The minimum Gasteiger partial charge on any atom is -0.258 e. The van der Waals surface area contributed by atoms with Gasteiger partial charge in [0.05, 0.1) is 12.0 Å². The van der Waals surface area contributed by atoms with Crippen LogP contribution in [0.2, 0.25) is 0 Å². The number of nitro benzene ring substituents is 1. The van der Waals surface area contributed by atoms with Crippen LogP contribution in [-0.4, -0.2) is 12.0 Å². The van der Waals surface area contributed by atoms with Gasteiger partial charge in [0.25, 0.3) is 5.69 Å². The molecular weight excluding hydrogens is 284 g/mol. The minimum absolute atomic E-state index is 0.110. The molecule has 1 heterocycles. The molecule has 1 aliphatic heterocycles. The summed E-state index contributed by atoms with van der Waals surface area (Å²) in [5.74, 6) is 0. The number of thiol groups is 1. The van der Waals surface area contributed by atoms with Crippen molar-refractivity contribution in [3.05, 3.63) is 74.8 Å². The van der Waals surface area contributed by atoms with E-state index in [1.165, 1.54) is 5.56 Å². The largest absolute Gasteiger partial charge is 0.270 e. The summed E-state index contributed by atoms with van der Waals surface area (Å²) >= 11 is 4.60. The molecule has 0 aromatic heterocycles. The first-order chi connectivity index (χ1) is 10.0. The third-order valence-electron chi connectivity index (χ3n) is 3.89. The van der Waals surface area contributed by atoms with Gasteiger partial charge in [-0.15, -0.1) is 0 Å². The number of hydrogen-bond donors (Lipinski definition) is 1. The average molecular weight is 299 g/mol. The van der Waals surface area contributed by atoms with Crippen LogP contribution in [0.5, 0.6) is 0 Å². The molecule has 21 heavy (non-hydrogen) atoms. The molecule has 5 heteroatoms. The van der Waals surface area contributed by atoms with Crippen molar-refractivity contribution in [1.29, 1.82) is 0 Å². The predicted molar refractivity (Wildman–Crippen MR) is 87.9 cm³/mol. The van der Waals surface area contributed by atoms with Crippen LogP contribution in [0.3, 0.4) is 0 Å². The SMILES string of the molecule is C[N+]1(Cc2ccccc2)C(S)=Cc2cc([N+](=O)[O-])ccc21. The Balaban J connectivity index is 2.03. The van der Waals surface area contributed by atoms with Gasteiger partial charge in [0, 0.05) is 35.4 Å². The Morgan fingerprint density at radius 1 is 1.19 bits per heavy atom. The van der Waals surface area contributed by atoms with E-state index in [0.29, 0.717) is 4.48 Å². The smallest absolute Gasteiger partial charge is 0.258 e. The molecule has 3 rings (SSSR count). The molecule has 1 aliphatic rings. The third kappa shape index (κ3) is 2.34. The Bertz CT molecular complexity index is 743. The lowest BCUT2D eigenvalue weighted by atomic mass is 10.1. The van der Waals surface area contributed by atoms with Crippen LogP contribution in [-0.2, 0) is 6.54 Å². The van der Waals surface area contributed by atoms with Gasteiger partial charge < -0.3 is 0 Å². The fourth-order valence-electron chi connectivity index (χ4n) is 2.74. The van der Waals surface area contributed by atoms with E-state index in [1.54, 1.807) is 12.1 Å². The highest BCUT2D eigenvalue weighted by Crippen LogP contribution is 2.43. The number of nitro groups is 1. The molecule has 0 aliphatic carbocycles. The predicted octanol–water partition coefficient (Wildman–Crippen LogP) is 3.97. The number of fused-ring (bicyclic) bond motifs is 1. The summed E-state index contributed by atoms with van der Waals surface area (Å²) in [5.41, 5.74) is 3.22. The minimum atomic E-state index is -0.369. The van der Waals surface area contributed by atoms with Crippen LogP contribution >= 0.6 is 12.6 Å². The monoisotopic (exact) mass is 299 g/mol. The average Bonchev–Trinajstić information content (AvgIpc) is 2.71. The first-order valence-electron chi connectivity index (χ1n) is 6.60. The van der Waals surface area contributed by atoms with Crippen LogP contribution in [0.4, 0.5) is 11.4 Å². The quantitative estimate of drug-likeness (QED) is 0.403. The highest BCUT2D eigenvalue weighted by atomic mass is 32.1. The van der Waals surface area contributed by atoms with Crippen LogP contribution in [0.1, 0.15) is 11.1 Å². The zero-order valence-corrected chi connectivity index (χ0v) is 12.5. The van der Waals surface area contributed by atoms with Gasteiger partial charge >= 0.3 is 0 Å². The number of rotatable bonds is 3. The van der Waals surface area contributed by atoms with Crippen LogP contribution in [0.15, 0.2) is 53.6 Å². The second-order valence-corrected chi connectivity index (χ2v) is 5.80. The summed E-state index contributed by atoms with van der Waals surface area (Å²) in [5, 5.41) is 11.8.